The molecule has 0 unspecified atom stereocenters. The molecule has 1 aromatic rings. The maximum absolute atomic E-state index is 12.6. The molecule has 3 nitrogen and oxygen atoms in total. The van der Waals surface area contributed by atoms with Crippen molar-refractivity contribution < 1.29 is 9.63 Å². The fraction of sp³-hybridized carbons (Fsp3) is 0.562. The van der Waals surface area contributed by atoms with Crippen molar-refractivity contribution in [2.75, 3.05) is 13.2 Å². The lowest BCUT2D eigenvalue weighted by molar-refractivity contribution is -0.171. The summed E-state index contributed by atoms with van der Waals surface area (Å²) in [7, 11) is 0. The molecule has 19 heavy (non-hydrogen) atoms. The molecule has 0 spiro atoms. The number of nitrogens with zero attached hydrogens (tertiary/aromatic N) is 1. The topological polar surface area (TPSA) is 29.5 Å². The maximum atomic E-state index is 12.6. The third-order valence-corrected chi connectivity index (χ3v) is 4.42. The minimum absolute atomic E-state index is 0.0256. The maximum Gasteiger partial charge on any atom is 0.253 e. The van der Waals surface area contributed by atoms with Crippen LogP contribution in [0.4, 0.5) is 0 Å². The van der Waals surface area contributed by atoms with Crippen molar-refractivity contribution in [1.29, 1.82) is 0 Å². The number of hydroxylamine groups is 2. The molecular formula is C16H21NO2. The van der Waals surface area contributed by atoms with Crippen LogP contribution in [0.15, 0.2) is 24.3 Å². The zero-order chi connectivity index (χ0) is 13.5. The van der Waals surface area contributed by atoms with Gasteiger partial charge in [-0.15, -0.1) is 0 Å². The molecule has 0 saturated carbocycles. The Balaban J connectivity index is 1.94. The van der Waals surface area contributed by atoms with Gasteiger partial charge in [0, 0.05) is 0 Å². The molecule has 3 heteroatoms. The molecule has 1 aliphatic heterocycles. The van der Waals surface area contributed by atoms with Gasteiger partial charge in [0.1, 0.15) is 0 Å². The lowest BCUT2D eigenvalue weighted by Crippen LogP contribution is -2.36. The molecule has 1 aromatic carbocycles. The van der Waals surface area contributed by atoms with E-state index in [1.54, 1.807) is 5.06 Å². The van der Waals surface area contributed by atoms with E-state index >= 15 is 0 Å². The van der Waals surface area contributed by atoms with Crippen LogP contribution in [0.2, 0.25) is 0 Å². The Kier molecular flexibility index (Phi) is 3.09. The van der Waals surface area contributed by atoms with Crippen molar-refractivity contribution in [3.63, 3.8) is 0 Å². The summed E-state index contributed by atoms with van der Waals surface area (Å²) in [6, 6.07) is 8.37. The van der Waals surface area contributed by atoms with E-state index in [4.69, 9.17) is 4.84 Å². The Hall–Kier alpha value is -1.35. The predicted octanol–water partition coefficient (Wildman–Crippen LogP) is 3.01. The van der Waals surface area contributed by atoms with Crippen molar-refractivity contribution in [2.45, 2.75) is 44.4 Å². The van der Waals surface area contributed by atoms with E-state index < -0.39 is 0 Å². The van der Waals surface area contributed by atoms with Crippen LogP contribution in [0.1, 0.15) is 50.2 Å². The lowest BCUT2D eigenvalue weighted by Gasteiger charge is -2.37. The fourth-order valence-corrected chi connectivity index (χ4v) is 3.26. The first-order chi connectivity index (χ1) is 9.09. The number of hydrogen-bond acceptors (Lipinski definition) is 2. The highest BCUT2D eigenvalue weighted by molar-refractivity contribution is 5.84. The minimum Gasteiger partial charge on any atom is -0.272 e. The molecule has 0 radical (unpaired) electrons. The number of rotatable bonds is 1. The lowest BCUT2D eigenvalue weighted by atomic mass is 9.68. The number of benzene rings is 1. The average molecular weight is 259 g/mol. The molecule has 102 valence electrons. The van der Waals surface area contributed by atoms with E-state index in [-0.39, 0.29) is 17.2 Å². The third kappa shape index (κ3) is 2.16. The summed E-state index contributed by atoms with van der Waals surface area (Å²) in [5.41, 5.74) is 2.68. The summed E-state index contributed by atoms with van der Waals surface area (Å²) in [5.74, 6) is 0.114. The van der Waals surface area contributed by atoms with Gasteiger partial charge in [-0.05, 0) is 35.8 Å². The van der Waals surface area contributed by atoms with Gasteiger partial charge in [0.05, 0.1) is 19.1 Å². The van der Waals surface area contributed by atoms with Crippen LogP contribution in [-0.4, -0.2) is 24.1 Å². The Morgan fingerprint density at radius 2 is 2.16 bits per heavy atom. The summed E-state index contributed by atoms with van der Waals surface area (Å²) < 4.78 is 0. The van der Waals surface area contributed by atoms with Crippen molar-refractivity contribution in [2.24, 2.45) is 0 Å². The molecule has 1 fully saturated rings. The number of fused-ring (bicyclic) bond motifs is 1. The fourth-order valence-electron chi connectivity index (χ4n) is 3.26. The molecule has 3 rings (SSSR count). The predicted molar refractivity (Wildman–Crippen MR) is 73.7 cm³/mol. The standard InChI is InChI=1S/C16H21NO2/c1-16(2)9-8-13(12-6-3-4-7-14(12)16)15(18)17-10-5-11-19-17/h3-4,6-7,13H,5,8-11H2,1-2H3/t13-/m0/s1. The molecule has 1 heterocycles. The van der Waals surface area contributed by atoms with Gasteiger partial charge in [-0.25, -0.2) is 5.06 Å². The third-order valence-electron chi connectivity index (χ3n) is 4.42. The number of amides is 1. The largest absolute Gasteiger partial charge is 0.272 e. The Bertz CT molecular complexity index is 489. The molecular weight excluding hydrogens is 238 g/mol. The zero-order valence-corrected chi connectivity index (χ0v) is 11.7. The van der Waals surface area contributed by atoms with Crippen LogP contribution in [0.25, 0.3) is 0 Å². The average Bonchev–Trinajstić information content (AvgIpc) is 2.92. The second-order valence-electron chi connectivity index (χ2n) is 6.19. The summed E-state index contributed by atoms with van der Waals surface area (Å²) in [5, 5.41) is 1.57. The first kappa shape index (κ1) is 12.7. The van der Waals surface area contributed by atoms with Crippen molar-refractivity contribution in [1.82, 2.24) is 5.06 Å². The number of carbonyl (C=O) groups excluding carboxylic acids is 1. The van der Waals surface area contributed by atoms with Gasteiger partial charge in [0.15, 0.2) is 0 Å². The normalized spacial score (nSPS) is 25.2. The molecule has 1 aliphatic carbocycles. The van der Waals surface area contributed by atoms with E-state index in [0.717, 1.165) is 25.8 Å². The zero-order valence-electron chi connectivity index (χ0n) is 11.7. The summed E-state index contributed by atoms with van der Waals surface area (Å²) in [6.07, 6.45) is 2.92. The van der Waals surface area contributed by atoms with Crippen LogP contribution in [-0.2, 0) is 15.0 Å². The van der Waals surface area contributed by atoms with Gasteiger partial charge < -0.3 is 0 Å². The molecule has 2 aliphatic rings. The molecule has 1 amide bonds. The van der Waals surface area contributed by atoms with E-state index in [0.29, 0.717) is 6.61 Å². The van der Waals surface area contributed by atoms with Crippen molar-refractivity contribution in [3.8, 4) is 0 Å². The Labute approximate surface area is 114 Å². The van der Waals surface area contributed by atoms with Gasteiger partial charge >= 0.3 is 0 Å². The quantitative estimate of drug-likeness (QED) is 0.776. The van der Waals surface area contributed by atoms with Crippen molar-refractivity contribution >= 4 is 5.91 Å². The molecule has 1 saturated heterocycles. The number of hydrogen-bond donors (Lipinski definition) is 0. The second kappa shape index (κ2) is 4.64. The number of carbonyl (C=O) groups is 1. The highest BCUT2D eigenvalue weighted by atomic mass is 16.7. The van der Waals surface area contributed by atoms with E-state index in [9.17, 15) is 4.79 Å². The van der Waals surface area contributed by atoms with Gasteiger partial charge in [0.25, 0.3) is 5.91 Å². The van der Waals surface area contributed by atoms with Crippen molar-refractivity contribution in [3.05, 3.63) is 35.4 Å². The van der Waals surface area contributed by atoms with Crippen LogP contribution in [0, 0.1) is 0 Å². The van der Waals surface area contributed by atoms with E-state index in [2.05, 4.69) is 32.0 Å². The Morgan fingerprint density at radius 3 is 2.89 bits per heavy atom. The highest BCUT2D eigenvalue weighted by Gasteiger charge is 2.38. The summed E-state index contributed by atoms with van der Waals surface area (Å²) in [6.45, 7) is 5.93. The smallest absolute Gasteiger partial charge is 0.253 e. The van der Waals surface area contributed by atoms with Crippen LogP contribution < -0.4 is 0 Å². The Morgan fingerprint density at radius 1 is 1.37 bits per heavy atom. The molecule has 0 N–H and O–H groups in total. The van der Waals surface area contributed by atoms with Gasteiger partial charge in [-0.2, -0.15) is 0 Å². The molecule has 0 bridgehead atoms. The van der Waals surface area contributed by atoms with Crippen LogP contribution in [0.3, 0.4) is 0 Å². The summed E-state index contributed by atoms with van der Waals surface area (Å²) >= 11 is 0. The SMILES string of the molecule is CC1(C)CC[C@H](C(=O)N2CCCO2)c2ccccc21. The van der Waals surface area contributed by atoms with Crippen LogP contribution >= 0.6 is 0 Å². The van der Waals surface area contributed by atoms with E-state index in [1.165, 1.54) is 11.1 Å². The molecule has 0 aromatic heterocycles. The minimum atomic E-state index is -0.0256. The van der Waals surface area contributed by atoms with Gasteiger partial charge in [0.2, 0.25) is 0 Å². The van der Waals surface area contributed by atoms with Crippen LogP contribution in [0.5, 0.6) is 0 Å². The van der Waals surface area contributed by atoms with Gasteiger partial charge in [-0.3, -0.25) is 9.63 Å². The van der Waals surface area contributed by atoms with Gasteiger partial charge in [-0.1, -0.05) is 38.1 Å². The second-order valence-corrected chi connectivity index (χ2v) is 6.19. The summed E-state index contributed by atoms with van der Waals surface area (Å²) in [4.78, 5) is 18.0. The highest BCUT2D eigenvalue weighted by Crippen LogP contribution is 2.43. The van der Waals surface area contributed by atoms with E-state index in [1.807, 2.05) is 6.07 Å². The first-order valence-electron chi connectivity index (χ1n) is 7.13. The molecule has 1 atom stereocenters. The first-order valence-corrected chi connectivity index (χ1v) is 7.13. The monoisotopic (exact) mass is 259 g/mol.